The Labute approximate surface area is 214 Å². The van der Waals surface area contributed by atoms with E-state index in [-0.39, 0.29) is 6.61 Å². The summed E-state index contributed by atoms with van der Waals surface area (Å²) in [6.45, 7) is 5.11. The Bertz CT molecular complexity index is 1130. The van der Waals surface area contributed by atoms with Crippen LogP contribution in [0.4, 0.5) is 10.6 Å². The summed E-state index contributed by atoms with van der Waals surface area (Å²) in [6.07, 6.45) is 0. The van der Waals surface area contributed by atoms with Crippen LogP contribution in [0.25, 0.3) is 0 Å². The standard InChI is InChI=1S/C24H29ClN6O5/c1-4-36-23(32)20-16(14-30-10-12-31(13-11-30)19-9-8-18(25)28-29-19)26-24(33)27-21(20)15-6-5-7-17(34-2)22(15)35-3/h5-9,21H,4,10-14H2,1-3H3,(H2,26,27,33)/t21-/m1/s1. The third-order valence-corrected chi connectivity index (χ3v) is 6.29. The Morgan fingerprint density at radius 2 is 1.89 bits per heavy atom. The summed E-state index contributed by atoms with van der Waals surface area (Å²) in [5.41, 5.74) is 1.42. The number of piperazine rings is 1. The Morgan fingerprint density at radius 1 is 1.11 bits per heavy atom. The highest BCUT2D eigenvalue weighted by Crippen LogP contribution is 2.39. The average Bonchev–Trinajstić information content (AvgIpc) is 2.88. The van der Waals surface area contributed by atoms with E-state index < -0.39 is 18.0 Å². The average molecular weight is 517 g/mol. The van der Waals surface area contributed by atoms with Crippen molar-refractivity contribution in [2.24, 2.45) is 0 Å². The lowest BCUT2D eigenvalue weighted by molar-refractivity contribution is -0.139. The lowest BCUT2D eigenvalue weighted by Crippen LogP contribution is -2.52. The molecule has 2 aromatic rings. The monoisotopic (exact) mass is 516 g/mol. The van der Waals surface area contributed by atoms with Crippen LogP contribution in [-0.2, 0) is 9.53 Å². The molecule has 3 heterocycles. The minimum Gasteiger partial charge on any atom is -0.493 e. The van der Waals surface area contributed by atoms with E-state index in [1.165, 1.54) is 14.2 Å². The molecular weight excluding hydrogens is 488 g/mol. The van der Waals surface area contributed by atoms with Gasteiger partial charge in [-0.1, -0.05) is 23.7 Å². The van der Waals surface area contributed by atoms with Crippen LogP contribution in [0.1, 0.15) is 18.5 Å². The van der Waals surface area contributed by atoms with Crippen molar-refractivity contribution < 1.29 is 23.8 Å². The number of rotatable bonds is 8. The Morgan fingerprint density at radius 3 is 2.53 bits per heavy atom. The molecule has 0 spiro atoms. The van der Waals surface area contributed by atoms with E-state index >= 15 is 0 Å². The van der Waals surface area contributed by atoms with Crippen molar-refractivity contribution in [3.8, 4) is 11.5 Å². The van der Waals surface area contributed by atoms with Gasteiger partial charge in [0.25, 0.3) is 0 Å². The number of aromatic nitrogens is 2. The fourth-order valence-corrected chi connectivity index (χ4v) is 4.50. The zero-order valence-electron chi connectivity index (χ0n) is 20.4. The van der Waals surface area contributed by atoms with Crippen molar-refractivity contribution in [3.05, 3.63) is 52.3 Å². The molecule has 2 aliphatic heterocycles. The molecule has 2 N–H and O–H groups in total. The Balaban J connectivity index is 1.61. The molecule has 0 aliphatic carbocycles. The van der Waals surface area contributed by atoms with Crippen molar-refractivity contribution in [2.75, 3.05) is 58.5 Å². The second-order valence-electron chi connectivity index (χ2n) is 8.20. The Kier molecular flexibility index (Phi) is 8.11. The van der Waals surface area contributed by atoms with E-state index in [0.29, 0.717) is 66.2 Å². The van der Waals surface area contributed by atoms with Crippen LogP contribution in [0.5, 0.6) is 11.5 Å². The number of carbonyl (C=O) groups excluding carboxylic acids is 2. The number of methoxy groups -OCH3 is 2. The minimum atomic E-state index is -0.775. The topological polar surface area (TPSA) is 118 Å². The highest BCUT2D eigenvalue weighted by molar-refractivity contribution is 6.29. The summed E-state index contributed by atoms with van der Waals surface area (Å²) in [5.74, 6) is 1.18. The second kappa shape index (κ2) is 11.4. The van der Waals surface area contributed by atoms with Gasteiger partial charge in [0, 0.05) is 44.0 Å². The van der Waals surface area contributed by atoms with Gasteiger partial charge in [-0.15, -0.1) is 10.2 Å². The van der Waals surface area contributed by atoms with Crippen LogP contribution < -0.4 is 25.0 Å². The van der Waals surface area contributed by atoms with E-state index in [1.807, 2.05) is 6.07 Å². The van der Waals surface area contributed by atoms with Gasteiger partial charge in [0.15, 0.2) is 22.5 Å². The van der Waals surface area contributed by atoms with Crippen LogP contribution in [-0.4, -0.2) is 80.6 Å². The zero-order chi connectivity index (χ0) is 25.7. The SMILES string of the molecule is CCOC(=O)C1=C(CN2CCN(c3ccc(Cl)nn3)CC2)NC(=O)N[C@@H]1c1cccc(OC)c1OC. The second-order valence-corrected chi connectivity index (χ2v) is 8.59. The fourth-order valence-electron chi connectivity index (χ4n) is 4.40. The van der Waals surface area contributed by atoms with Gasteiger partial charge in [-0.25, -0.2) is 9.59 Å². The predicted molar refractivity (Wildman–Crippen MR) is 133 cm³/mol. The summed E-state index contributed by atoms with van der Waals surface area (Å²) >= 11 is 5.85. The van der Waals surface area contributed by atoms with Crippen LogP contribution in [0, 0.1) is 0 Å². The van der Waals surface area contributed by atoms with Gasteiger partial charge in [-0.05, 0) is 25.1 Å². The molecule has 1 aromatic carbocycles. The smallest absolute Gasteiger partial charge is 0.338 e. The lowest BCUT2D eigenvalue weighted by Gasteiger charge is -2.37. The number of benzene rings is 1. The Hall–Kier alpha value is -3.57. The first-order valence-electron chi connectivity index (χ1n) is 11.6. The fraction of sp³-hybridized carbons (Fsp3) is 0.417. The highest BCUT2D eigenvalue weighted by atomic mass is 35.5. The summed E-state index contributed by atoms with van der Waals surface area (Å²) in [5, 5.41) is 14.1. The van der Waals surface area contributed by atoms with Crippen molar-refractivity contribution in [2.45, 2.75) is 13.0 Å². The number of hydrogen-bond donors (Lipinski definition) is 2. The number of halogens is 1. The number of amides is 2. The normalized spacial score (nSPS) is 18.4. The van der Waals surface area contributed by atoms with Crippen molar-refractivity contribution in [3.63, 3.8) is 0 Å². The summed E-state index contributed by atoms with van der Waals surface area (Å²) in [6, 6.07) is 7.69. The maximum absolute atomic E-state index is 13.2. The molecule has 0 unspecified atom stereocenters. The van der Waals surface area contributed by atoms with E-state index in [1.54, 1.807) is 31.2 Å². The quantitative estimate of drug-likeness (QED) is 0.509. The van der Waals surface area contributed by atoms with Gasteiger partial charge in [-0.3, -0.25) is 4.90 Å². The number of ether oxygens (including phenoxy) is 3. The van der Waals surface area contributed by atoms with Crippen molar-refractivity contribution in [1.82, 2.24) is 25.7 Å². The van der Waals surface area contributed by atoms with Gasteiger partial charge in [0.05, 0.1) is 32.4 Å². The first-order valence-corrected chi connectivity index (χ1v) is 12.0. The highest BCUT2D eigenvalue weighted by Gasteiger charge is 2.36. The molecule has 192 valence electrons. The van der Waals surface area contributed by atoms with Crippen LogP contribution in [0.2, 0.25) is 5.15 Å². The maximum atomic E-state index is 13.2. The summed E-state index contributed by atoms with van der Waals surface area (Å²) < 4.78 is 16.4. The predicted octanol–water partition coefficient (Wildman–Crippen LogP) is 2.14. The molecule has 1 fully saturated rings. The molecule has 2 amide bonds. The molecule has 0 bridgehead atoms. The number of nitrogens with one attached hydrogen (secondary N) is 2. The number of anilines is 1. The van der Waals surface area contributed by atoms with Crippen LogP contribution in [0.15, 0.2) is 41.6 Å². The summed E-state index contributed by atoms with van der Waals surface area (Å²) in [7, 11) is 3.05. The minimum absolute atomic E-state index is 0.201. The van der Waals surface area contributed by atoms with Gasteiger partial charge >= 0.3 is 12.0 Å². The third kappa shape index (κ3) is 5.47. The molecule has 12 heteroatoms. The van der Waals surface area contributed by atoms with E-state index in [4.69, 9.17) is 25.8 Å². The molecule has 1 saturated heterocycles. The molecule has 0 radical (unpaired) electrons. The van der Waals surface area contributed by atoms with E-state index in [9.17, 15) is 9.59 Å². The van der Waals surface area contributed by atoms with E-state index in [0.717, 1.165) is 5.82 Å². The van der Waals surface area contributed by atoms with Gasteiger partial charge in [0.1, 0.15) is 0 Å². The van der Waals surface area contributed by atoms with Crippen molar-refractivity contribution in [1.29, 1.82) is 0 Å². The molecule has 2 aliphatic rings. The molecule has 1 aromatic heterocycles. The maximum Gasteiger partial charge on any atom is 0.338 e. The van der Waals surface area contributed by atoms with Gasteiger partial charge in [0.2, 0.25) is 0 Å². The molecule has 36 heavy (non-hydrogen) atoms. The number of para-hydroxylation sites is 1. The van der Waals surface area contributed by atoms with E-state index in [2.05, 4.69) is 30.6 Å². The first-order chi connectivity index (χ1) is 17.4. The van der Waals surface area contributed by atoms with Crippen LogP contribution in [0.3, 0.4) is 0 Å². The first kappa shape index (κ1) is 25.5. The van der Waals surface area contributed by atoms with Crippen molar-refractivity contribution >= 4 is 29.4 Å². The zero-order valence-corrected chi connectivity index (χ0v) is 21.2. The molecule has 11 nitrogen and oxygen atoms in total. The third-order valence-electron chi connectivity index (χ3n) is 6.09. The molecular formula is C24H29ClN6O5. The molecule has 4 rings (SSSR count). The number of hydrogen-bond acceptors (Lipinski definition) is 9. The molecule has 1 atom stereocenters. The lowest BCUT2D eigenvalue weighted by atomic mass is 9.93. The van der Waals surface area contributed by atoms with Crippen LogP contribution >= 0.6 is 11.6 Å². The number of esters is 1. The van der Waals surface area contributed by atoms with Gasteiger partial charge in [-0.2, -0.15) is 0 Å². The molecule has 0 saturated carbocycles. The van der Waals surface area contributed by atoms with Gasteiger partial charge < -0.3 is 29.7 Å². The number of carbonyl (C=O) groups is 2. The number of urea groups is 1. The number of nitrogens with zero attached hydrogens (tertiary/aromatic N) is 4. The largest absolute Gasteiger partial charge is 0.493 e. The summed E-state index contributed by atoms with van der Waals surface area (Å²) in [4.78, 5) is 30.2.